The van der Waals surface area contributed by atoms with Crippen LogP contribution in [0.5, 0.6) is 0 Å². The number of rotatable bonds is 7. The summed E-state index contributed by atoms with van der Waals surface area (Å²) >= 11 is 1.29. The highest BCUT2D eigenvalue weighted by Crippen LogP contribution is 2.22. The molecule has 0 radical (unpaired) electrons. The Morgan fingerprint density at radius 1 is 1.17 bits per heavy atom. The van der Waals surface area contributed by atoms with Crippen LogP contribution >= 0.6 is 11.3 Å². The number of nitrogens with one attached hydrogen (secondary N) is 2. The molecule has 7 heteroatoms. The van der Waals surface area contributed by atoms with E-state index < -0.39 is 5.97 Å². The first-order valence-corrected chi connectivity index (χ1v) is 8.77. The van der Waals surface area contributed by atoms with Gasteiger partial charge in [-0.15, -0.1) is 11.3 Å². The second kappa shape index (κ2) is 9.29. The first-order chi connectivity index (χ1) is 11.1. The van der Waals surface area contributed by atoms with E-state index in [1.807, 2.05) is 0 Å². The molecule has 0 unspecified atom stereocenters. The summed E-state index contributed by atoms with van der Waals surface area (Å²) in [5.41, 5.74) is 0. The maximum atomic E-state index is 11.6. The molecule has 2 N–H and O–H groups in total. The van der Waals surface area contributed by atoms with Crippen molar-refractivity contribution in [3.05, 3.63) is 22.4 Å². The molecule has 0 bridgehead atoms. The van der Waals surface area contributed by atoms with Crippen molar-refractivity contribution in [2.45, 2.75) is 32.1 Å². The zero-order valence-electron chi connectivity index (χ0n) is 13.0. The predicted octanol–water partition coefficient (Wildman–Crippen LogP) is 1.72. The number of esters is 1. The molecule has 1 aromatic heterocycles. The highest BCUT2D eigenvalue weighted by Gasteiger charge is 2.15. The smallest absolute Gasteiger partial charge is 0.325 e. The molecule has 0 aliphatic heterocycles. The Morgan fingerprint density at radius 2 is 1.96 bits per heavy atom. The van der Waals surface area contributed by atoms with Crippen molar-refractivity contribution in [3.63, 3.8) is 0 Å². The summed E-state index contributed by atoms with van der Waals surface area (Å²) in [5, 5.41) is 7.03. The molecule has 6 nitrogen and oxygen atoms in total. The van der Waals surface area contributed by atoms with E-state index in [1.165, 1.54) is 30.6 Å². The maximum absolute atomic E-state index is 11.6. The van der Waals surface area contributed by atoms with Crippen LogP contribution in [0.1, 0.15) is 41.8 Å². The third kappa shape index (κ3) is 6.40. The molecule has 0 aromatic carbocycles. The van der Waals surface area contributed by atoms with E-state index >= 15 is 0 Å². The molecule has 2 amide bonds. The van der Waals surface area contributed by atoms with Crippen LogP contribution in [0.15, 0.2) is 17.5 Å². The fraction of sp³-hybridized carbons (Fsp3) is 0.562. The number of hydrogen-bond acceptors (Lipinski definition) is 5. The Bertz CT molecular complexity index is 524. The van der Waals surface area contributed by atoms with Gasteiger partial charge in [-0.2, -0.15) is 0 Å². The van der Waals surface area contributed by atoms with Crippen LogP contribution in [0, 0.1) is 5.92 Å². The lowest BCUT2D eigenvalue weighted by Crippen LogP contribution is -2.35. The minimum absolute atomic E-state index is 0.243. The lowest BCUT2D eigenvalue weighted by Gasteiger charge is -2.21. The van der Waals surface area contributed by atoms with Crippen molar-refractivity contribution in [1.29, 1.82) is 0 Å². The van der Waals surface area contributed by atoms with Crippen molar-refractivity contribution in [2.24, 2.45) is 5.92 Å². The summed E-state index contributed by atoms with van der Waals surface area (Å²) in [6, 6.07) is 3.43. The van der Waals surface area contributed by atoms with Crippen molar-refractivity contribution >= 4 is 29.1 Å². The average molecular weight is 338 g/mol. The normalized spacial score (nSPS) is 15.0. The van der Waals surface area contributed by atoms with Crippen molar-refractivity contribution in [1.82, 2.24) is 10.6 Å². The van der Waals surface area contributed by atoms with Gasteiger partial charge in [0.2, 0.25) is 0 Å². The van der Waals surface area contributed by atoms with Crippen molar-refractivity contribution in [3.8, 4) is 0 Å². The van der Waals surface area contributed by atoms with E-state index in [1.54, 1.807) is 17.5 Å². The molecule has 1 saturated carbocycles. The minimum Gasteiger partial charge on any atom is -0.454 e. The topological polar surface area (TPSA) is 84.5 Å². The third-order valence-corrected chi connectivity index (χ3v) is 4.68. The fourth-order valence-electron chi connectivity index (χ4n) is 2.54. The summed E-state index contributed by atoms with van der Waals surface area (Å²) in [5.74, 6) is -0.705. The molecule has 0 atom stereocenters. The van der Waals surface area contributed by atoms with Gasteiger partial charge in [0.05, 0.1) is 4.88 Å². The van der Waals surface area contributed by atoms with Crippen molar-refractivity contribution < 1.29 is 19.1 Å². The number of carbonyl (C=O) groups excluding carboxylic acids is 3. The molecule has 1 aliphatic rings. The third-order valence-electron chi connectivity index (χ3n) is 3.82. The second-order valence-electron chi connectivity index (χ2n) is 5.63. The van der Waals surface area contributed by atoms with Gasteiger partial charge in [-0.25, -0.2) is 0 Å². The molecule has 0 saturated heterocycles. The molecule has 1 heterocycles. The predicted molar refractivity (Wildman–Crippen MR) is 87.2 cm³/mol. The Morgan fingerprint density at radius 3 is 2.65 bits per heavy atom. The van der Waals surface area contributed by atoms with Gasteiger partial charge >= 0.3 is 5.97 Å². The van der Waals surface area contributed by atoms with Crippen LogP contribution in [0.25, 0.3) is 0 Å². The molecule has 1 aromatic rings. The van der Waals surface area contributed by atoms with E-state index in [4.69, 9.17) is 4.74 Å². The monoisotopic (exact) mass is 338 g/mol. The molecule has 1 aliphatic carbocycles. The SMILES string of the molecule is O=C(COC(=O)CNC(=O)c1cccs1)NCC1CCCCC1. The summed E-state index contributed by atoms with van der Waals surface area (Å²) in [4.78, 5) is 35.3. The average Bonchev–Trinajstić information content (AvgIpc) is 3.11. The molecule has 2 rings (SSSR count). The van der Waals surface area contributed by atoms with E-state index in [0.29, 0.717) is 17.3 Å². The largest absolute Gasteiger partial charge is 0.454 e. The summed E-state index contributed by atoms with van der Waals surface area (Å²) in [6.07, 6.45) is 6.02. The van der Waals surface area contributed by atoms with Gasteiger partial charge in [-0.1, -0.05) is 25.3 Å². The number of thiophene rings is 1. The van der Waals surface area contributed by atoms with Gasteiger partial charge in [0.1, 0.15) is 6.54 Å². The number of hydrogen-bond donors (Lipinski definition) is 2. The molecule has 23 heavy (non-hydrogen) atoms. The zero-order chi connectivity index (χ0) is 16.5. The van der Waals surface area contributed by atoms with E-state index in [9.17, 15) is 14.4 Å². The Kier molecular flexibility index (Phi) is 7.06. The first kappa shape index (κ1) is 17.5. The van der Waals surface area contributed by atoms with Gasteiger partial charge in [-0.3, -0.25) is 14.4 Å². The molecule has 1 fully saturated rings. The van der Waals surface area contributed by atoms with Crippen LogP contribution in [-0.4, -0.2) is 37.5 Å². The van der Waals surface area contributed by atoms with Gasteiger partial charge in [-0.05, 0) is 30.2 Å². The van der Waals surface area contributed by atoms with Crippen LogP contribution in [-0.2, 0) is 14.3 Å². The van der Waals surface area contributed by atoms with Gasteiger partial charge < -0.3 is 15.4 Å². The van der Waals surface area contributed by atoms with Crippen LogP contribution < -0.4 is 10.6 Å². The van der Waals surface area contributed by atoms with Gasteiger partial charge in [0, 0.05) is 6.54 Å². The van der Waals surface area contributed by atoms with Crippen molar-refractivity contribution in [2.75, 3.05) is 19.7 Å². The van der Waals surface area contributed by atoms with E-state index in [2.05, 4.69) is 10.6 Å². The number of carbonyl (C=O) groups is 3. The summed E-state index contributed by atoms with van der Waals surface area (Å²) in [7, 11) is 0. The zero-order valence-corrected chi connectivity index (χ0v) is 13.8. The lowest BCUT2D eigenvalue weighted by atomic mass is 9.89. The van der Waals surface area contributed by atoms with Gasteiger partial charge in [0.15, 0.2) is 6.61 Å². The van der Waals surface area contributed by atoms with Gasteiger partial charge in [0.25, 0.3) is 11.8 Å². The molecular formula is C16H22N2O4S. The Labute approximate surface area is 139 Å². The standard InChI is InChI=1S/C16H22N2O4S/c19-14(17-9-12-5-2-1-3-6-12)11-22-15(20)10-18-16(21)13-7-4-8-23-13/h4,7-8,12H,1-3,5-6,9-11H2,(H,17,19)(H,18,21). The van der Waals surface area contributed by atoms with Crippen LogP contribution in [0.2, 0.25) is 0 Å². The van der Waals surface area contributed by atoms with E-state index in [0.717, 1.165) is 12.8 Å². The Hall–Kier alpha value is -1.89. The molecule has 126 valence electrons. The van der Waals surface area contributed by atoms with Crippen LogP contribution in [0.4, 0.5) is 0 Å². The molecule has 0 spiro atoms. The lowest BCUT2D eigenvalue weighted by molar-refractivity contribution is -0.147. The van der Waals surface area contributed by atoms with Crippen LogP contribution in [0.3, 0.4) is 0 Å². The number of ether oxygens (including phenoxy) is 1. The quantitative estimate of drug-likeness (QED) is 0.742. The summed E-state index contributed by atoms with van der Waals surface area (Å²) in [6.45, 7) is 0.0958. The maximum Gasteiger partial charge on any atom is 0.325 e. The summed E-state index contributed by atoms with van der Waals surface area (Å²) < 4.78 is 4.85. The van der Waals surface area contributed by atoms with E-state index in [-0.39, 0.29) is 25.0 Å². The minimum atomic E-state index is -0.622. The Balaban J connectivity index is 1.56. The highest BCUT2D eigenvalue weighted by atomic mass is 32.1. The fourth-order valence-corrected chi connectivity index (χ4v) is 3.18. The number of amides is 2. The first-order valence-electron chi connectivity index (χ1n) is 7.89. The molecular weight excluding hydrogens is 316 g/mol. The second-order valence-corrected chi connectivity index (χ2v) is 6.58. The highest BCUT2D eigenvalue weighted by molar-refractivity contribution is 7.12.